The first-order valence-electron chi connectivity index (χ1n) is 16.5. The molecule has 1 amide bonds. The minimum Gasteiger partial charge on any atom is -0.490 e. The Morgan fingerprint density at radius 3 is 2.58 bits per heavy atom. The largest absolute Gasteiger partial charge is 0.490 e. The van der Waals surface area contributed by atoms with Crippen LogP contribution in [0.3, 0.4) is 0 Å². The van der Waals surface area contributed by atoms with Crippen molar-refractivity contribution in [1.29, 1.82) is 0 Å². The van der Waals surface area contributed by atoms with Crippen molar-refractivity contribution in [3.63, 3.8) is 0 Å². The number of carbonyl (C=O) groups excluding carboxylic acids is 1. The Kier molecular flexibility index (Phi) is 11.2. The van der Waals surface area contributed by atoms with Gasteiger partial charge in [-0.2, -0.15) is 0 Å². The van der Waals surface area contributed by atoms with Crippen LogP contribution < -0.4 is 20.3 Å². The van der Waals surface area contributed by atoms with E-state index in [1.54, 1.807) is 14.2 Å². The summed E-state index contributed by atoms with van der Waals surface area (Å²) in [5.74, 6) is 2.33. The van der Waals surface area contributed by atoms with Crippen LogP contribution in [0.1, 0.15) is 29.0 Å². The van der Waals surface area contributed by atoms with Crippen LogP contribution in [0.2, 0.25) is 0 Å². The Bertz CT molecular complexity index is 1230. The molecule has 10 heteroatoms. The van der Waals surface area contributed by atoms with Gasteiger partial charge in [-0.1, -0.05) is 30.3 Å². The van der Waals surface area contributed by atoms with Gasteiger partial charge in [-0.25, -0.2) is 0 Å². The number of rotatable bonds is 16. The first-order valence-corrected chi connectivity index (χ1v) is 16.5. The molecule has 3 heterocycles. The van der Waals surface area contributed by atoms with Gasteiger partial charge in [0.15, 0.2) is 0 Å². The number of nitrogens with zero attached hydrogens (tertiary/aromatic N) is 1. The number of amides is 1. The zero-order valence-electron chi connectivity index (χ0n) is 26.7. The molecule has 1 saturated carbocycles. The van der Waals surface area contributed by atoms with Crippen molar-refractivity contribution in [3.05, 3.63) is 59.2 Å². The number of carbonyl (C=O) groups is 1. The average Bonchev–Trinajstić information content (AvgIpc) is 3.56. The Morgan fingerprint density at radius 1 is 0.978 bits per heavy atom. The standard InChI is InChI=1S/C35H49N3O7/c1-40-12-3-10-38-11-13-44-31-9-6-25(16-30(31)38)21-45-32-19-36-17-27(18-37-35(39)34-28-22-43-23-29(28)34)33(32)26-7-4-24(5-8-26)20-42-15-14-41-2/h4-9,16,27-29,32-34,36H,3,10-15,17-23H2,1-2H3,(H,37,39)/t27-,28-,29+,32-,33-,34?/m0/s1. The molecule has 1 unspecified atom stereocenters. The second-order valence-corrected chi connectivity index (χ2v) is 12.7. The second-order valence-electron chi connectivity index (χ2n) is 12.7. The maximum atomic E-state index is 13.1. The van der Waals surface area contributed by atoms with Crippen molar-refractivity contribution in [2.45, 2.75) is 31.7 Å². The fourth-order valence-electron chi connectivity index (χ4n) is 7.21. The minimum absolute atomic E-state index is 0.0525. The molecule has 2 saturated heterocycles. The summed E-state index contributed by atoms with van der Waals surface area (Å²) in [7, 11) is 3.42. The van der Waals surface area contributed by atoms with E-state index in [4.69, 9.17) is 28.4 Å². The van der Waals surface area contributed by atoms with Gasteiger partial charge in [-0.3, -0.25) is 4.79 Å². The van der Waals surface area contributed by atoms with E-state index >= 15 is 0 Å². The van der Waals surface area contributed by atoms with E-state index in [0.717, 1.165) is 61.8 Å². The van der Waals surface area contributed by atoms with Crippen LogP contribution in [0.4, 0.5) is 5.69 Å². The summed E-state index contributed by atoms with van der Waals surface area (Å²) in [5.41, 5.74) is 4.59. The molecule has 2 aromatic rings. The van der Waals surface area contributed by atoms with Crippen molar-refractivity contribution < 1.29 is 33.2 Å². The van der Waals surface area contributed by atoms with Crippen molar-refractivity contribution >= 4 is 11.6 Å². The van der Waals surface area contributed by atoms with Gasteiger partial charge in [-0.05, 0) is 53.0 Å². The Balaban J connectivity index is 1.13. The van der Waals surface area contributed by atoms with E-state index in [1.165, 1.54) is 5.56 Å². The van der Waals surface area contributed by atoms with Gasteiger partial charge in [0.25, 0.3) is 0 Å². The molecule has 2 aromatic carbocycles. The summed E-state index contributed by atoms with van der Waals surface area (Å²) in [4.78, 5) is 15.4. The average molecular weight is 624 g/mol. The summed E-state index contributed by atoms with van der Waals surface area (Å²) >= 11 is 0. The Hall–Kier alpha value is -2.73. The molecule has 0 aromatic heterocycles. The molecule has 0 bridgehead atoms. The molecule has 45 heavy (non-hydrogen) atoms. The van der Waals surface area contributed by atoms with Crippen molar-refractivity contribution in [2.24, 2.45) is 23.7 Å². The van der Waals surface area contributed by atoms with Crippen LogP contribution in [0.5, 0.6) is 5.75 Å². The van der Waals surface area contributed by atoms with Gasteiger partial charge in [0, 0.05) is 58.8 Å². The predicted octanol–water partition coefficient (Wildman–Crippen LogP) is 2.98. The van der Waals surface area contributed by atoms with Gasteiger partial charge in [-0.15, -0.1) is 0 Å². The summed E-state index contributed by atoms with van der Waals surface area (Å²) in [6.45, 7) is 9.04. The maximum Gasteiger partial charge on any atom is 0.223 e. The van der Waals surface area contributed by atoms with E-state index in [-0.39, 0.29) is 29.8 Å². The SMILES string of the molecule is COCCCN1CCOc2ccc(CO[C@H]3CNC[C@@H](CNC(=O)C4[C@H]5COC[C@@H]45)[C@@H]3c3ccc(COCCOC)cc3)cc21. The summed E-state index contributed by atoms with van der Waals surface area (Å²) in [6, 6.07) is 15.1. The fourth-order valence-corrected chi connectivity index (χ4v) is 7.21. The number of ether oxygens (including phenoxy) is 6. The van der Waals surface area contributed by atoms with Gasteiger partial charge < -0.3 is 44.0 Å². The second kappa shape index (κ2) is 15.7. The lowest BCUT2D eigenvalue weighted by molar-refractivity contribution is -0.124. The van der Waals surface area contributed by atoms with E-state index in [1.807, 2.05) is 0 Å². The van der Waals surface area contributed by atoms with Crippen LogP contribution in [-0.4, -0.2) is 98.6 Å². The Labute approximate surface area is 267 Å². The summed E-state index contributed by atoms with van der Waals surface area (Å²) in [6.07, 6.45) is 0.918. The highest BCUT2D eigenvalue weighted by molar-refractivity contribution is 5.82. The number of anilines is 1. The van der Waals surface area contributed by atoms with Gasteiger partial charge in [0.2, 0.25) is 5.91 Å². The quantitative estimate of drug-likeness (QED) is 0.274. The zero-order chi connectivity index (χ0) is 31.0. The number of piperidine rings is 1. The molecule has 6 rings (SSSR count). The van der Waals surface area contributed by atoms with Crippen LogP contribution in [0.15, 0.2) is 42.5 Å². The topological polar surface area (TPSA) is 99.8 Å². The molecule has 3 aliphatic heterocycles. The lowest BCUT2D eigenvalue weighted by atomic mass is 9.78. The first kappa shape index (κ1) is 32.2. The molecule has 0 spiro atoms. The van der Waals surface area contributed by atoms with Crippen molar-refractivity contribution in [3.8, 4) is 5.75 Å². The van der Waals surface area contributed by atoms with Crippen LogP contribution in [0, 0.1) is 23.7 Å². The van der Waals surface area contributed by atoms with E-state index in [9.17, 15) is 4.79 Å². The molecule has 6 atom stereocenters. The maximum absolute atomic E-state index is 13.1. The summed E-state index contributed by atoms with van der Waals surface area (Å²) < 4.78 is 34.3. The van der Waals surface area contributed by atoms with Crippen molar-refractivity contribution in [1.82, 2.24) is 10.6 Å². The monoisotopic (exact) mass is 623 g/mol. The normalized spacial score (nSPS) is 27.0. The van der Waals surface area contributed by atoms with Gasteiger partial charge in [0.1, 0.15) is 12.4 Å². The molecule has 246 valence electrons. The smallest absolute Gasteiger partial charge is 0.223 e. The minimum atomic E-state index is -0.0525. The van der Waals surface area contributed by atoms with Crippen LogP contribution >= 0.6 is 0 Å². The van der Waals surface area contributed by atoms with E-state index in [0.29, 0.717) is 64.6 Å². The lowest BCUT2D eigenvalue weighted by Gasteiger charge is -2.39. The number of nitrogens with one attached hydrogen (secondary N) is 2. The molecular weight excluding hydrogens is 574 g/mol. The van der Waals surface area contributed by atoms with Crippen molar-refractivity contribution in [2.75, 3.05) is 91.5 Å². The van der Waals surface area contributed by atoms with E-state index < -0.39 is 0 Å². The first-order chi connectivity index (χ1) is 22.2. The highest BCUT2D eigenvalue weighted by Crippen LogP contribution is 2.50. The third-order valence-corrected chi connectivity index (χ3v) is 9.74. The molecule has 3 fully saturated rings. The molecule has 0 radical (unpaired) electrons. The lowest BCUT2D eigenvalue weighted by Crippen LogP contribution is -2.50. The van der Waals surface area contributed by atoms with Crippen LogP contribution in [-0.2, 0) is 41.7 Å². The number of benzene rings is 2. The molecule has 4 aliphatic rings. The molecule has 10 nitrogen and oxygen atoms in total. The predicted molar refractivity (Wildman–Crippen MR) is 171 cm³/mol. The van der Waals surface area contributed by atoms with Crippen LogP contribution in [0.25, 0.3) is 0 Å². The molecular formula is C35H49N3O7. The molecule has 1 aliphatic carbocycles. The highest BCUT2D eigenvalue weighted by Gasteiger charge is 2.58. The number of fused-ring (bicyclic) bond motifs is 2. The highest BCUT2D eigenvalue weighted by atomic mass is 16.5. The number of methoxy groups -OCH3 is 2. The third-order valence-electron chi connectivity index (χ3n) is 9.74. The van der Waals surface area contributed by atoms with Gasteiger partial charge >= 0.3 is 0 Å². The van der Waals surface area contributed by atoms with E-state index in [2.05, 4.69) is 58.0 Å². The fraction of sp³-hybridized carbons (Fsp3) is 0.629. The van der Waals surface area contributed by atoms with Gasteiger partial charge in [0.05, 0.1) is 58.0 Å². The number of hydrogen-bond acceptors (Lipinski definition) is 9. The third kappa shape index (κ3) is 7.99. The number of hydrogen-bond donors (Lipinski definition) is 2. The zero-order valence-corrected chi connectivity index (χ0v) is 26.7. The Morgan fingerprint density at radius 2 is 1.78 bits per heavy atom. The molecule has 2 N–H and O–H groups in total. The summed E-state index contributed by atoms with van der Waals surface area (Å²) in [5, 5.41) is 6.90.